The number of rotatable bonds is 6. The molecule has 2 rings (SSSR count). The molecule has 1 fully saturated rings. The molecule has 0 amide bonds. The summed E-state index contributed by atoms with van der Waals surface area (Å²) in [5.74, 6) is -0.378. The number of benzene rings is 1. The first-order valence-electron chi connectivity index (χ1n) is 7.46. The Balaban J connectivity index is 2.00. The van der Waals surface area contributed by atoms with E-state index < -0.39 is 12.1 Å². The number of hydrogen-bond donors (Lipinski definition) is 2. The van der Waals surface area contributed by atoms with Crippen LogP contribution in [0, 0.1) is 5.92 Å². The molecule has 0 radical (unpaired) electrons. The maximum atomic E-state index is 11.1. The van der Waals surface area contributed by atoms with E-state index in [-0.39, 0.29) is 5.92 Å². The van der Waals surface area contributed by atoms with Gasteiger partial charge in [0.2, 0.25) is 0 Å². The fraction of sp³-hybridized carbons (Fsp3) is 0.562. The van der Waals surface area contributed by atoms with Gasteiger partial charge in [-0.15, -0.1) is 0 Å². The molecular formula is C16H23NO4. The van der Waals surface area contributed by atoms with Crippen LogP contribution in [0.15, 0.2) is 24.3 Å². The quantitative estimate of drug-likeness (QED) is 0.838. The minimum absolute atomic E-state index is 0.326. The first-order chi connectivity index (χ1) is 10.1. The van der Waals surface area contributed by atoms with Crippen LogP contribution in [0.5, 0.6) is 5.75 Å². The molecule has 2 N–H and O–H groups in total. The van der Waals surface area contributed by atoms with Crippen LogP contribution in [0.1, 0.15) is 31.4 Å². The number of β-amino-alcohol motifs (C(OH)–C–C–N with tert-alkyl or cyclic N) is 1. The van der Waals surface area contributed by atoms with Crippen LogP contribution in [0.25, 0.3) is 0 Å². The number of carboxylic acids is 1. The monoisotopic (exact) mass is 293 g/mol. The SMILES string of the molecule is CCOc1ccccc1C(O)CN1CCCC(C(=O)O)C1. The Morgan fingerprint density at radius 2 is 2.24 bits per heavy atom. The van der Waals surface area contributed by atoms with Gasteiger partial charge in [-0.25, -0.2) is 0 Å². The van der Waals surface area contributed by atoms with E-state index in [9.17, 15) is 9.90 Å². The third kappa shape index (κ3) is 4.19. The van der Waals surface area contributed by atoms with Crippen molar-refractivity contribution in [3.63, 3.8) is 0 Å². The molecule has 0 saturated carbocycles. The number of piperidine rings is 1. The van der Waals surface area contributed by atoms with Gasteiger partial charge in [0.05, 0.1) is 18.6 Å². The lowest BCUT2D eigenvalue weighted by atomic mass is 9.97. The normalized spacial score (nSPS) is 21.0. The molecule has 5 nitrogen and oxygen atoms in total. The standard InChI is InChI=1S/C16H23NO4/c1-2-21-15-8-4-3-7-13(15)14(18)11-17-9-5-6-12(10-17)16(19)20/h3-4,7-8,12,14,18H,2,5-6,9-11H2,1H3,(H,19,20). The Hall–Kier alpha value is -1.59. The van der Waals surface area contributed by atoms with Gasteiger partial charge in [-0.2, -0.15) is 0 Å². The van der Waals surface area contributed by atoms with Crippen LogP contribution in [0.3, 0.4) is 0 Å². The fourth-order valence-corrected chi connectivity index (χ4v) is 2.81. The minimum Gasteiger partial charge on any atom is -0.493 e. The molecule has 0 spiro atoms. The van der Waals surface area contributed by atoms with Gasteiger partial charge in [-0.1, -0.05) is 18.2 Å². The summed E-state index contributed by atoms with van der Waals surface area (Å²) < 4.78 is 5.53. The van der Waals surface area contributed by atoms with Gasteiger partial charge in [0.1, 0.15) is 5.75 Å². The zero-order chi connectivity index (χ0) is 15.2. The molecule has 1 aliphatic rings. The summed E-state index contributed by atoms with van der Waals surface area (Å²) in [5, 5.41) is 19.5. The largest absolute Gasteiger partial charge is 0.493 e. The second-order valence-electron chi connectivity index (χ2n) is 5.42. The molecule has 1 aliphatic heterocycles. The van der Waals surface area contributed by atoms with E-state index in [0.717, 1.165) is 24.9 Å². The minimum atomic E-state index is -0.746. The average Bonchev–Trinajstić information content (AvgIpc) is 2.48. The fourth-order valence-electron chi connectivity index (χ4n) is 2.81. The molecular weight excluding hydrogens is 270 g/mol. The number of aliphatic hydroxyl groups is 1. The molecule has 21 heavy (non-hydrogen) atoms. The summed E-state index contributed by atoms with van der Waals surface area (Å²) in [4.78, 5) is 13.1. The second-order valence-corrected chi connectivity index (χ2v) is 5.42. The van der Waals surface area contributed by atoms with Gasteiger partial charge in [-0.3, -0.25) is 9.69 Å². The predicted octanol–water partition coefficient (Wildman–Crippen LogP) is 1.92. The molecule has 2 unspecified atom stereocenters. The lowest BCUT2D eigenvalue weighted by Gasteiger charge is -2.32. The van der Waals surface area contributed by atoms with E-state index in [1.807, 2.05) is 36.1 Å². The lowest BCUT2D eigenvalue weighted by Crippen LogP contribution is -2.40. The zero-order valence-corrected chi connectivity index (χ0v) is 12.4. The van der Waals surface area contributed by atoms with E-state index in [2.05, 4.69) is 0 Å². The summed E-state index contributed by atoms with van der Waals surface area (Å²) in [7, 11) is 0. The van der Waals surface area contributed by atoms with Crippen molar-refractivity contribution in [2.24, 2.45) is 5.92 Å². The molecule has 1 saturated heterocycles. The van der Waals surface area contributed by atoms with Gasteiger partial charge < -0.3 is 14.9 Å². The zero-order valence-electron chi connectivity index (χ0n) is 12.4. The highest BCUT2D eigenvalue weighted by atomic mass is 16.5. The summed E-state index contributed by atoms with van der Waals surface area (Å²) >= 11 is 0. The van der Waals surface area contributed by atoms with Gasteiger partial charge >= 0.3 is 5.97 Å². The third-order valence-corrected chi connectivity index (χ3v) is 3.86. The maximum absolute atomic E-state index is 11.1. The Morgan fingerprint density at radius 1 is 1.48 bits per heavy atom. The first-order valence-corrected chi connectivity index (χ1v) is 7.46. The molecule has 0 aromatic heterocycles. The Kier molecular flexibility index (Phi) is 5.59. The number of hydrogen-bond acceptors (Lipinski definition) is 4. The van der Waals surface area contributed by atoms with Crippen molar-refractivity contribution in [3.8, 4) is 5.75 Å². The molecule has 0 aliphatic carbocycles. The van der Waals surface area contributed by atoms with Crippen LogP contribution >= 0.6 is 0 Å². The van der Waals surface area contributed by atoms with Crippen molar-refractivity contribution >= 4 is 5.97 Å². The Morgan fingerprint density at radius 3 is 2.95 bits per heavy atom. The van der Waals surface area contributed by atoms with Crippen LogP contribution in [-0.2, 0) is 4.79 Å². The second kappa shape index (κ2) is 7.43. The third-order valence-electron chi connectivity index (χ3n) is 3.86. The van der Waals surface area contributed by atoms with Gasteiger partial charge in [-0.05, 0) is 32.4 Å². The first kappa shape index (κ1) is 15.8. The Labute approximate surface area is 125 Å². The van der Waals surface area contributed by atoms with E-state index in [0.29, 0.717) is 25.4 Å². The number of aliphatic hydroxyl groups excluding tert-OH is 1. The summed E-state index contributed by atoms with van der Waals surface area (Å²) in [6, 6.07) is 7.45. The van der Waals surface area contributed by atoms with E-state index in [1.54, 1.807) is 0 Å². The number of likely N-dealkylation sites (tertiary alicyclic amines) is 1. The molecule has 116 valence electrons. The molecule has 1 aromatic carbocycles. The van der Waals surface area contributed by atoms with Crippen molar-refractivity contribution < 1.29 is 19.7 Å². The van der Waals surface area contributed by atoms with Gasteiger partial charge in [0.25, 0.3) is 0 Å². The number of ether oxygens (including phenoxy) is 1. The number of aliphatic carboxylic acids is 1. The highest BCUT2D eigenvalue weighted by Gasteiger charge is 2.27. The van der Waals surface area contributed by atoms with E-state index in [1.165, 1.54) is 0 Å². The number of carbonyl (C=O) groups is 1. The van der Waals surface area contributed by atoms with E-state index in [4.69, 9.17) is 9.84 Å². The summed E-state index contributed by atoms with van der Waals surface area (Å²) in [6.07, 6.45) is 0.911. The summed E-state index contributed by atoms with van der Waals surface area (Å²) in [5.41, 5.74) is 0.761. The van der Waals surface area contributed by atoms with Gasteiger partial charge in [0, 0.05) is 18.7 Å². The lowest BCUT2D eigenvalue weighted by molar-refractivity contribution is -0.143. The topological polar surface area (TPSA) is 70.0 Å². The molecule has 0 bridgehead atoms. The van der Waals surface area contributed by atoms with Crippen molar-refractivity contribution in [1.29, 1.82) is 0 Å². The van der Waals surface area contributed by atoms with Gasteiger partial charge in [0.15, 0.2) is 0 Å². The number of nitrogens with zero attached hydrogens (tertiary/aromatic N) is 1. The summed E-state index contributed by atoms with van der Waals surface area (Å²) in [6.45, 7) is 4.23. The molecule has 1 aromatic rings. The predicted molar refractivity (Wildman–Crippen MR) is 79.4 cm³/mol. The van der Waals surface area contributed by atoms with Crippen molar-refractivity contribution in [2.75, 3.05) is 26.2 Å². The van der Waals surface area contributed by atoms with Crippen LogP contribution in [0.2, 0.25) is 0 Å². The highest BCUT2D eigenvalue weighted by Crippen LogP contribution is 2.27. The van der Waals surface area contributed by atoms with E-state index >= 15 is 0 Å². The molecule has 5 heteroatoms. The smallest absolute Gasteiger partial charge is 0.307 e. The van der Waals surface area contributed by atoms with Crippen LogP contribution in [-0.4, -0.2) is 47.3 Å². The highest BCUT2D eigenvalue weighted by molar-refractivity contribution is 5.70. The van der Waals surface area contributed by atoms with Crippen LogP contribution in [0.4, 0.5) is 0 Å². The average molecular weight is 293 g/mol. The number of carboxylic acid groups (broad SMARTS) is 1. The van der Waals surface area contributed by atoms with Crippen molar-refractivity contribution in [3.05, 3.63) is 29.8 Å². The maximum Gasteiger partial charge on any atom is 0.307 e. The molecule has 1 heterocycles. The molecule has 2 atom stereocenters. The van der Waals surface area contributed by atoms with Crippen LogP contribution < -0.4 is 4.74 Å². The van der Waals surface area contributed by atoms with Crippen molar-refractivity contribution in [1.82, 2.24) is 4.90 Å². The number of para-hydroxylation sites is 1. The van der Waals surface area contributed by atoms with Crippen molar-refractivity contribution in [2.45, 2.75) is 25.9 Å². The Bertz CT molecular complexity index is 477.